The predicted octanol–water partition coefficient (Wildman–Crippen LogP) is 3.03. The smallest absolute Gasteiger partial charge is 0.258 e. The Hall–Kier alpha value is -1.78. The first kappa shape index (κ1) is 9.76. The minimum Gasteiger partial charge on any atom is -0.258 e. The molecule has 2 aromatic rings. The minimum absolute atomic E-state index is 0.0445. The highest BCUT2D eigenvalue weighted by Crippen LogP contribution is 2.29. The van der Waals surface area contributed by atoms with E-state index in [1.54, 1.807) is 12.1 Å². The molecule has 0 N–H and O–H groups in total. The SMILES string of the molecule is FC(F)(F)n1cccc1-c1ccccn1. The lowest BCUT2D eigenvalue weighted by molar-refractivity contribution is -0.202. The van der Waals surface area contributed by atoms with Gasteiger partial charge in [-0.2, -0.15) is 0 Å². The van der Waals surface area contributed by atoms with E-state index in [-0.39, 0.29) is 10.3 Å². The summed E-state index contributed by atoms with van der Waals surface area (Å²) in [6, 6.07) is 7.57. The average molecular weight is 212 g/mol. The van der Waals surface area contributed by atoms with Crippen LogP contribution in [0.5, 0.6) is 0 Å². The fourth-order valence-corrected chi connectivity index (χ4v) is 1.33. The largest absolute Gasteiger partial charge is 0.488 e. The van der Waals surface area contributed by atoms with Gasteiger partial charge in [0, 0.05) is 12.4 Å². The van der Waals surface area contributed by atoms with Gasteiger partial charge in [-0.1, -0.05) is 6.07 Å². The Labute approximate surface area is 84.0 Å². The Kier molecular flexibility index (Phi) is 2.22. The molecule has 0 aromatic carbocycles. The molecule has 0 aliphatic rings. The first-order chi connectivity index (χ1) is 7.09. The van der Waals surface area contributed by atoms with Gasteiger partial charge in [-0.15, -0.1) is 13.2 Å². The molecule has 15 heavy (non-hydrogen) atoms. The van der Waals surface area contributed by atoms with Crippen LogP contribution in [0.15, 0.2) is 42.7 Å². The predicted molar refractivity (Wildman–Crippen MR) is 49.0 cm³/mol. The highest BCUT2D eigenvalue weighted by atomic mass is 19.4. The lowest BCUT2D eigenvalue weighted by atomic mass is 10.3. The van der Waals surface area contributed by atoms with Crippen molar-refractivity contribution in [1.82, 2.24) is 9.55 Å². The normalized spacial score (nSPS) is 11.7. The van der Waals surface area contributed by atoms with Crippen molar-refractivity contribution in [2.75, 3.05) is 0 Å². The number of rotatable bonds is 1. The van der Waals surface area contributed by atoms with Crippen LogP contribution >= 0.6 is 0 Å². The second-order valence-electron chi connectivity index (χ2n) is 2.95. The van der Waals surface area contributed by atoms with Crippen LogP contribution in [-0.2, 0) is 6.30 Å². The van der Waals surface area contributed by atoms with Gasteiger partial charge in [-0.05, 0) is 24.3 Å². The van der Waals surface area contributed by atoms with E-state index in [0.717, 1.165) is 6.20 Å². The van der Waals surface area contributed by atoms with Gasteiger partial charge in [0.15, 0.2) is 0 Å². The molecular weight excluding hydrogens is 205 g/mol. The van der Waals surface area contributed by atoms with E-state index in [0.29, 0.717) is 5.69 Å². The molecule has 2 nitrogen and oxygen atoms in total. The first-order valence-electron chi connectivity index (χ1n) is 4.25. The van der Waals surface area contributed by atoms with Gasteiger partial charge in [0.05, 0.1) is 11.4 Å². The van der Waals surface area contributed by atoms with Crippen molar-refractivity contribution in [2.45, 2.75) is 6.30 Å². The van der Waals surface area contributed by atoms with E-state index in [2.05, 4.69) is 4.98 Å². The fraction of sp³-hybridized carbons (Fsp3) is 0.100. The summed E-state index contributed by atoms with van der Waals surface area (Å²) in [7, 11) is 0. The number of pyridine rings is 1. The standard InChI is InChI=1S/C10H7F3N2/c11-10(12,13)15-7-3-5-9(15)8-4-1-2-6-14-8/h1-7H. The fourth-order valence-electron chi connectivity index (χ4n) is 1.33. The minimum atomic E-state index is -4.41. The van der Waals surface area contributed by atoms with Gasteiger partial charge in [-0.25, -0.2) is 0 Å². The van der Waals surface area contributed by atoms with E-state index in [1.807, 2.05) is 0 Å². The van der Waals surface area contributed by atoms with Crippen LogP contribution in [0.25, 0.3) is 11.4 Å². The molecule has 0 bridgehead atoms. The molecule has 0 saturated carbocycles. The molecule has 0 spiro atoms. The van der Waals surface area contributed by atoms with E-state index >= 15 is 0 Å². The van der Waals surface area contributed by atoms with Crippen molar-refractivity contribution in [1.29, 1.82) is 0 Å². The maximum atomic E-state index is 12.5. The van der Waals surface area contributed by atoms with Crippen molar-refractivity contribution < 1.29 is 13.2 Å². The van der Waals surface area contributed by atoms with E-state index in [4.69, 9.17) is 0 Å². The summed E-state index contributed by atoms with van der Waals surface area (Å²) in [5.74, 6) is 0. The molecular formula is C10H7F3N2. The topological polar surface area (TPSA) is 17.8 Å². The molecule has 0 atom stereocenters. The number of halogens is 3. The molecule has 0 amide bonds. The molecule has 2 rings (SSSR count). The molecule has 0 unspecified atom stereocenters. The Morgan fingerprint density at radius 2 is 1.87 bits per heavy atom. The zero-order valence-corrected chi connectivity index (χ0v) is 7.57. The van der Waals surface area contributed by atoms with Crippen molar-refractivity contribution in [3.8, 4) is 11.4 Å². The number of hydrogen-bond donors (Lipinski definition) is 0. The summed E-state index contributed by atoms with van der Waals surface area (Å²) < 4.78 is 37.8. The average Bonchev–Trinajstić information content (AvgIpc) is 2.67. The molecule has 5 heteroatoms. The van der Waals surface area contributed by atoms with Gasteiger partial charge < -0.3 is 0 Å². The monoisotopic (exact) mass is 212 g/mol. The number of nitrogens with zero attached hydrogens (tertiary/aromatic N) is 2. The first-order valence-corrected chi connectivity index (χ1v) is 4.25. The van der Waals surface area contributed by atoms with E-state index < -0.39 is 6.30 Å². The second kappa shape index (κ2) is 3.42. The van der Waals surface area contributed by atoms with Crippen LogP contribution < -0.4 is 0 Å². The number of aromatic nitrogens is 2. The van der Waals surface area contributed by atoms with Crippen molar-refractivity contribution in [3.05, 3.63) is 42.7 Å². The Morgan fingerprint density at radius 1 is 1.07 bits per heavy atom. The molecule has 0 fully saturated rings. The molecule has 78 valence electrons. The lowest BCUT2D eigenvalue weighted by Gasteiger charge is -2.11. The van der Waals surface area contributed by atoms with Crippen LogP contribution in [-0.4, -0.2) is 9.55 Å². The summed E-state index contributed by atoms with van der Waals surface area (Å²) in [5, 5.41) is 0. The molecule has 2 aromatic heterocycles. The zero-order valence-electron chi connectivity index (χ0n) is 7.57. The third-order valence-electron chi connectivity index (χ3n) is 1.95. The van der Waals surface area contributed by atoms with Crippen LogP contribution in [0.4, 0.5) is 13.2 Å². The van der Waals surface area contributed by atoms with Gasteiger partial charge >= 0.3 is 6.30 Å². The van der Waals surface area contributed by atoms with Crippen LogP contribution in [0.3, 0.4) is 0 Å². The van der Waals surface area contributed by atoms with Gasteiger partial charge in [0.2, 0.25) is 0 Å². The number of hydrogen-bond acceptors (Lipinski definition) is 1. The summed E-state index contributed by atoms with van der Waals surface area (Å²) in [5.41, 5.74) is 0.350. The van der Waals surface area contributed by atoms with E-state index in [9.17, 15) is 13.2 Å². The second-order valence-corrected chi connectivity index (χ2v) is 2.95. The van der Waals surface area contributed by atoms with Crippen LogP contribution in [0.1, 0.15) is 0 Å². The maximum absolute atomic E-state index is 12.5. The summed E-state index contributed by atoms with van der Waals surface area (Å²) >= 11 is 0. The zero-order chi connectivity index (χ0) is 10.9. The summed E-state index contributed by atoms with van der Waals surface area (Å²) in [6.07, 6.45) is -1.97. The maximum Gasteiger partial charge on any atom is 0.488 e. The lowest BCUT2D eigenvalue weighted by Crippen LogP contribution is -2.16. The van der Waals surface area contributed by atoms with E-state index in [1.165, 1.54) is 24.4 Å². The van der Waals surface area contributed by atoms with Crippen LogP contribution in [0.2, 0.25) is 0 Å². The van der Waals surface area contributed by atoms with Gasteiger partial charge in [-0.3, -0.25) is 9.55 Å². The Bertz CT molecular complexity index is 445. The third kappa shape index (κ3) is 1.86. The van der Waals surface area contributed by atoms with Crippen molar-refractivity contribution in [2.24, 2.45) is 0 Å². The number of alkyl halides is 3. The molecule has 0 aliphatic carbocycles. The molecule has 2 heterocycles. The van der Waals surface area contributed by atoms with Gasteiger partial charge in [0.25, 0.3) is 0 Å². The van der Waals surface area contributed by atoms with Crippen molar-refractivity contribution >= 4 is 0 Å². The Morgan fingerprint density at radius 3 is 2.47 bits per heavy atom. The summed E-state index contributed by atoms with van der Waals surface area (Å²) in [4.78, 5) is 3.87. The van der Waals surface area contributed by atoms with Crippen molar-refractivity contribution in [3.63, 3.8) is 0 Å². The highest BCUT2D eigenvalue weighted by Gasteiger charge is 2.32. The molecule has 0 aliphatic heterocycles. The third-order valence-corrected chi connectivity index (χ3v) is 1.95. The van der Waals surface area contributed by atoms with Crippen LogP contribution in [0, 0.1) is 0 Å². The molecule has 0 saturated heterocycles. The van der Waals surface area contributed by atoms with Gasteiger partial charge in [0.1, 0.15) is 0 Å². The molecule has 0 radical (unpaired) electrons. The highest BCUT2D eigenvalue weighted by molar-refractivity contribution is 5.54. The Balaban J connectivity index is 2.51. The quantitative estimate of drug-likeness (QED) is 0.710. The summed E-state index contributed by atoms with van der Waals surface area (Å²) in [6.45, 7) is 0.